The van der Waals surface area contributed by atoms with Crippen molar-refractivity contribution in [3.8, 4) is 0 Å². The van der Waals surface area contributed by atoms with Crippen molar-refractivity contribution >= 4 is 23.3 Å². The van der Waals surface area contributed by atoms with Crippen LogP contribution >= 0.6 is 0 Å². The molecule has 0 saturated carbocycles. The van der Waals surface area contributed by atoms with Crippen LogP contribution < -0.4 is 16.4 Å². The molecule has 29 heavy (non-hydrogen) atoms. The summed E-state index contributed by atoms with van der Waals surface area (Å²) >= 11 is 0. The van der Waals surface area contributed by atoms with Gasteiger partial charge in [-0.05, 0) is 37.6 Å². The molecular weight excluding hydrogens is 377 g/mol. The van der Waals surface area contributed by atoms with Gasteiger partial charge in [-0.25, -0.2) is 14.4 Å². The number of benzene rings is 1. The molecule has 0 fully saturated rings. The number of aromatic nitrogens is 4. The highest BCUT2D eigenvalue weighted by molar-refractivity contribution is 6.05. The zero-order chi connectivity index (χ0) is 21.0. The topological polar surface area (TPSA) is 128 Å². The number of rotatable bonds is 6. The molecule has 9 nitrogen and oxygen atoms in total. The largest absolute Gasteiger partial charge is 0.382 e. The molecule has 2 amide bonds. The molecule has 2 aromatic heterocycles. The minimum absolute atomic E-state index is 0.00573. The second-order valence-corrected chi connectivity index (χ2v) is 6.65. The Morgan fingerprint density at radius 1 is 1.17 bits per heavy atom. The Labute approximate surface area is 166 Å². The summed E-state index contributed by atoms with van der Waals surface area (Å²) < 4.78 is 15.4. The number of halogens is 1. The SMILES string of the molecule is CC(C)NC(=O)c1cc(F)cc(Cn2cc(NC(=O)c3nccnc3N)cn2)c1. The third kappa shape index (κ3) is 5.12. The lowest BCUT2D eigenvalue weighted by Gasteiger charge is -2.10. The van der Waals surface area contributed by atoms with Crippen LogP contribution in [-0.4, -0.2) is 37.6 Å². The van der Waals surface area contributed by atoms with Gasteiger partial charge in [-0.15, -0.1) is 0 Å². The number of nitrogens with two attached hydrogens (primary N) is 1. The summed E-state index contributed by atoms with van der Waals surface area (Å²) in [6.07, 6.45) is 5.77. The van der Waals surface area contributed by atoms with E-state index < -0.39 is 11.7 Å². The number of nitrogens with one attached hydrogen (secondary N) is 2. The third-order valence-corrected chi connectivity index (χ3v) is 3.82. The van der Waals surface area contributed by atoms with Crippen molar-refractivity contribution < 1.29 is 14.0 Å². The van der Waals surface area contributed by atoms with Gasteiger partial charge in [0.05, 0.1) is 18.4 Å². The summed E-state index contributed by atoms with van der Waals surface area (Å²) in [6, 6.07) is 4.05. The van der Waals surface area contributed by atoms with E-state index in [2.05, 4.69) is 25.7 Å². The Hall–Kier alpha value is -3.82. The predicted molar refractivity (Wildman–Crippen MR) is 105 cm³/mol. The van der Waals surface area contributed by atoms with Gasteiger partial charge in [-0.2, -0.15) is 5.10 Å². The van der Waals surface area contributed by atoms with E-state index in [1.54, 1.807) is 12.3 Å². The van der Waals surface area contributed by atoms with Crippen LogP contribution in [0.5, 0.6) is 0 Å². The van der Waals surface area contributed by atoms with Crippen molar-refractivity contribution in [3.05, 3.63) is 65.6 Å². The molecule has 0 bridgehead atoms. The maximum atomic E-state index is 13.9. The van der Waals surface area contributed by atoms with Gasteiger partial charge < -0.3 is 16.4 Å². The monoisotopic (exact) mass is 397 g/mol. The van der Waals surface area contributed by atoms with Crippen LogP contribution in [0.4, 0.5) is 15.9 Å². The molecule has 0 aliphatic heterocycles. The Bertz CT molecular complexity index is 1050. The first-order valence-electron chi connectivity index (χ1n) is 8.82. The first-order chi connectivity index (χ1) is 13.8. The number of carbonyl (C=O) groups is 2. The van der Waals surface area contributed by atoms with Gasteiger partial charge >= 0.3 is 0 Å². The zero-order valence-electron chi connectivity index (χ0n) is 15.9. The molecule has 4 N–H and O–H groups in total. The molecule has 2 heterocycles. The average Bonchev–Trinajstić information content (AvgIpc) is 3.07. The van der Waals surface area contributed by atoms with Crippen molar-refractivity contribution in [2.24, 2.45) is 0 Å². The maximum Gasteiger partial charge on any atom is 0.278 e. The number of anilines is 2. The van der Waals surface area contributed by atoms with Crippen LogP contribution in [0.3, 0.4) is 0 Å². The lowest BCUT2D eigenvalue weighted by atomic mass is 10.1. The normalized spacial score (nSPS) is 10.8. The molecule has 0 spiro atoms. The highest BCUT2D eigenvalue weighted by atomic mass is 19.1. The first-order valence-corrected chi connectivity index (χ1v) is 8.82. The van der Waals surface area contributed by atoms with Crippen molar-refractivity contribution in [2.75, 3.05) is 11.1 Å². The Kier molecular flexibility index (Phi) is 5.82. The standard InChI is InChI=1S/C19H20FN7O2/c1-11(2)25-18(28)13-5-12(6-14(20)7-13)9-27-10-15(8-24-27)26-19(29)16-17(21)23-4-3-22-16/h3-8,10-11H,9H2,1-2H3,(H2,21,23)(H,25,28)(H,26,29). The van der Waals surface area contributed by atoms with E-state index >= 15 is 0 Å². The molecule has 10 heteroatoms. The molecule has 0 aliphatic rings. The van der Waals surface area contributed by atoms with E-state index in [1.165, 1.54) is 35.4 Å². The molecule has 0 aliphatic carbocycles. The quantitative estimate of drug-likeness (QED) is 0.582. The van der Waals surface area contributed by atoms with Gasteiger partial charge in [0.15, 0.2) is 11.5 Å². The van der Waals surface area contributed by atoms with E-state index in [4.69, 9.17) is 5.73 Å². The lowest BCUT2D eigenvalue weighted by molar-refractivity contribution is 0.0941. The number of hydrogen-bond donors (Lipinski definition) is 3. The molecule has 1 aromatic carbocycles. The zero-order valence-corrected chi connectivity index (χ0v) is 15.9. The summed E-state index contributed by atoms with van der Waals surface area (Å²) in [5, 5.41) is 9.50. The van der Waals surface area contributed by atoms with Gasteiger partial charge in [0.2, 0.25) is 0 Å². The lowest BCUT2D eigenvalue weighted by Crippen LogP contribution is -2.30. The Morgan fingerprint density at radius 2 is 1.93 bits per heavy atom. The highest BCUT2D eigenvalue weighted by Crippen LogP contribution is 2.14. The minimum atomic E-state index is -0.520. The summed E-state index contributed by atoms with van der Waals surface area (Å²) in [5.41, 5.74) is 6.84. The fourth-order valence-corrected chi connectivity index (χ4v) is 2.63. The van der Waals surface area contributed by atoms with E-state index in [9.17, 15) is 14.0 Å². The Morgan fingerprint density at radius 3 is 2.66 bits per heavy atom. The molecule has 3 rings (SSSR count). The number of hydrogen-bond acceptors (Lipinski definition) is 6. The fraction of sp³-hybridized carbons (Fsp3) is 0.211. The van der Waals surface area contributed by atoms with Crippen molar-refractivity contribution in [3.63, 3.8) is 0 Å². The molecular formula is C19H20FN7O2. The van der Waals surface area contributed by atoms with Crippen molar-refractivity contribution in [2.45, 2.75) is 26.4 Å². The van der Waals surface area contributed by atoms with E-state index in [0.717, 1.165) is 0 Å². The molecule has 0 atom stereocenters. The average molecular weight is 397 g/mol. The van der Waals surface area contributed by atoms with Crippen molar-refractivity contribution in [1.82, 2.24) is 25.1 Å². The smallest absolute Gasteiger partial charge is 0.278 e. The van der Waals surface area contributed by atoms with E-state index in [-0.39, 0.29) is 35.6 Å². The number of carbonyl (C=O) groups excluding carboxylic acids is 2. The fourth-order valence-electron chi connectivity index (χ4n) is 2.63. The number of amides is 2. The summed E-state index contributed by atoms with van der Waals surface area (Å²) in [7, 11) is 0. The van der Waals surface area contributed by atoms with Crippen LogP contribution in [0, 0.1) is 5.82 Å². The van der Waals surface area contributed by atoms with Crippen LogP contribution in [-0.2, 0) is 6.54 Å². The minimum Gasteiger partial charge on any atom is -0.382 e. The van der Waals surface area contributed by atoms with Crippen LogP contribution in [0.2, 0.25) is 0 Å². The summed E-state index contributed by atoms with van der Waals surface area (Å²) in [6.45, 7) is 3.86. The van der Waals surface area contributed by atoms with E-state index in [0.29, 0.717) is 11.3 Å². The molecule has 3 aromatic rings. The molecule has 0 saturated heterocycles. The van der Waals surface area contributed by atoms with Crippen molar-refractivity contribution in [1.29, 1.82) is 0 Å². The predicted octanol–water partition coefficient (Wildman–Crippen LogP) is 1.83. The van der Waals surface area contributed by atoms with E-state index in [1.807, 2.05) is 13.8 Å². The van der Waals surface area contributed by atoms with Crippen LogP contribution in [0.1, 0.15) is 40.3 Å². The highest BCUT2D eigenvalue weighted by Gasteiger charge is 2.14. The van der Waals surface area contributed by atoms with Gasteiger partial charge in [0.1, 0.15) is 5.82 Å². The molecule has 0 radical (unpaired) electrons. The Balaban J connectivity index is 1.72. The summed E-state index contributed by atoms with van der Waals surface area (Å²) in [4.78, 5) is 32.1. The molecule has 0 unspecified atom stereocenters. The van der Waals surface area contributed by atoms with Gasteiger partial charge in [-0.3, -0.25) is 14.3 Å². The van der Waals surface area contributed by atoms with Gasteiger partial charge in [-0.1, -0.05) is 0 Å². The van der Waals surface area contributed by atoms with Gasteiger partial charge in [0, 0.05) is 30.2 Å². The summed E-state index contributed by atoms with van der Waals surface area (Å²) in [5.74, 6) is -1.37. The van der Waals surface area contributed by atoms with Crippen LogP contribution in [0.15, 0.2) is 43.0 Å². The van der Waals surface area contributed by atoms with Gasteiger partial charge in [0.25, 0.3) is 11.8 Å². The third-order valence-electron chi connectivity index (χ3n) is 3.82. The van der Waals surface area contributed by atoms with Crippen LogP contribution in [0.25, 0.3) is 0 Å². The molecule has 150 valence electrons. The maximum absolute atomic E-state index is 13.9. The second kappa shape index (κ2) is 8.46. The number of nitrogens with zero attached hydrogens (tertiary/aromatic N) is 4. The number of nitrogen functional groups attached to an aromatic ring is 1. The first kappa shape index (κ1) is 19.9. The second-order valence-electron chi connectivity index (χ2n) is 6.65.